The van der Waals surface area contributed by atoms with Crippen LogP contribution in [0.2, 0.25) is 0 Å². The Morgan fingerprint density at radius 3 is 2.42 bits per heavy atom. The van der Waals surface area contributed by atoms with Crippen molar-refractivity contribution in [2.24, 2.45) is 5.41 Å². The van der Waals surface area contributed by atoms with E-state index in [-0.39, 0.29) is 11.3 Å². The van der Waals surface area contributed by atoms with Crippen LogP contribution < -0.4 is 10.6 Å². The summed E-state index contributed by atoms with van der Waals surface area (Å²) in [7, 11) is 0. The molecule has 1 atom stereocenters. The molecule has 0 spiro atoms. The fourth-order valence-corrected chi connectivity index (χ4v) is 2.68. The molecule has 0 aromatic heterocycles. The predicted molar refractivity (Wildman–Crippen MR) is 79.4 cm³/mol. The van der Waals surface area contributed by atoms with Crippen LogP contribution >= 0.6 is 0 Å². The van der Waals surface area contributed by atoms with E-state index in [0.29, 0.717) is 0 Å². The lowest BCUT2D eigenvalue weighted by molar-refractivity contribution is -0.123. The molecule has 0 saturated carbocycles. The lowest BCUT2D eigenvalue weighted by Gasteiger charge is -2.23. The van der Waals surface area contributed by atoms with Gasteiger partial charge in [-0.25, -0.2) is 0 Å². The highest BCUT2D eigenvalue weighted by molar-refractivity contribution is 5.96. The normalized spacial score (nSPS) is 22.5. The van der Waals surface area contributed by atoms with Crippen molar-refractivity contribution in [1.29, 1.82) is 0 Å². The Kier molecular flexibility index (Phi) is 4.25. The van der Waals surface area contributed by atoms with E-state index in [1.54, 1.807) is 0 Å². The van der Waals surface area contributed by atoms with Crippen LogP contribution in [0.15, 0.2) is 18.2 Å². The Morgan fingerprint density at radius 2 is 1.95 bits per heavy atom. The van der Waals surface area contributed by atoms with Gasteiger partial charge >= 0.3 is 0 Å². The van der Waals surface area contributed by atoms with Crippen LogP contribution in [0.4, 0.5) is 5.69 Å². The van der Waals surface area contributed by atoms with Gasteiger partial charge in [-0.05, 0) is 43.9 Å². The number of rotatable bonds is 4. The average Bonchev–Trinajstić information content (AvgIpc) is 2.87. The monoisotopic (exact) mass is 260 g/mol. The number of para-hydroxylation sites is 1. The van der Waals surface area contributed by atoms with Gasteiger partial charge in [0.1, 0.15) is 0 Å². The van der Waals surface area contributed by atoms with Crippen LogP contribution in [-0.4, -0.2) is 19.0 Å². The van der Waals surface area contributed by atoms with Gasteiger partial charge in [-0.15, -0.1) is 0 Å². The highest BCUT2D eigenvalue weighted by Gasteiger charge is 2.36. The molecule has 1 aliphatic rings. The zero-order valence-corrected chi connectivity index (χ0v) is 12.2. The molecule has 1 aromatic carbocycles. The summed E-state index contributed by atoms with van der Waals surface area (Å²) in [6, 6.07) is 6.28. The summed E-state index contributed by atoms with van der Waals surface area (Å²) in [4.78, 5) is 12.5. The summed E-state index contributed by atoms with van der Waals surface area (Å²) < 4.78 is 0. The van der Waals surface area contributed by atoms with Gasteiger partial charge in [0.05, 0.1) is 5.41 Å². The second-order valence-corrected chi connectivity index (χ2v) is 5.60. The van der Waals surface area contributed by atoms with Crippen LogP contribution in [0.5, 0.6) is 0 Å². The standard InChI is InChI=1S/C16H24N2O/c1-4-12-7-6-8-13(5-2)14(12)18-15(19)16(3)9-10-17-11-16/h6-8,17H,4-5,9-11H2,1-3H3,(H,18,19). The van der Waals surface area contributed by atoms with Gasteiger partial charge in [-0.1, -0.05) is 32.0 Å². The fourth-order valence-electron chi connectivity index (χ4n) is 2.68. The summed E-state index contributed by atoms with van der Waals surface area (Å²) >= 11 is 0. The molecular formula is C16H24N2O. The maximum Gasteiger partial charge on any atom is 0.231 e. The number of benzene rings is 1. The Bertz CT molecular complexity index is 440. The van der Waals surface area contributed by atoms with E-state index >= 15 is 0 Å². The first kappa shape index (κ1) is 14.1. The Labute approximate surface area is 115 Å². The van der Waals surface area contributed by atoms with E-state index in [4.69, 9.17) is 0 Å². The van der Waals surface area contributed by atoms with Gasteiger partial charge in [0.2, 0.25) is 5.91 Å². The van der Waals surface area contributed by atoms with Crippen molar-refractivity contribution in [1.82, 2.24) is 5.32 Å². The van der Waals surface area contributed by atoms with Crippen molar-refractivity contribution >= 4 is 11.6 Å². The zero-order valence-electron chi connectivity index (χ0n) is 12.2. The number of anilines is 1. The zero-order chi connectivity index (χ0) is 13.9. The summed E-state index contributed by atoms with van der Waals surface area (Å²) in [6.07, 6.45) is 2.80. The minimum atomic E-state index is -0.272. The first-order valence-corrected chi connectivity index (χ1v) is 7.23. The van der Waals surface area contributed by atoms with Crippen LogP contribution in [0.1, 0.15) is 38.3 Å². The number of amides is 1. The highest BCUT2D eigenvalue weighted by Crippen LogP contribution is 2.29. The summed E-state index contributed by atoms with van der Waals surface area (Å²) in [5, 5.41) is 6.46. The molecule has 0 aliphatic carbocycles. The van der Waals surface area contributed by atoms with Crippen molar-refractivity contribution in [3.8, 4) is 0 Å². The molecule has 1 aliphatic heterocycles. The maximum atomic E-state index is 12.5. The average molecular weight is 260 g/mol. The van der Waals surface area contributed by atoms with Gasteiger partial charge in [0.25, 0.3) is 0 Å². The van der Waals surface area contributed by atoms with E-state index in [1.807, 2.05) is 6.92 Å². The van der Waals surface area contributed by atoms with E-state index < -0.39 is 0 Å². The molecule has 0 bridgehead atoms. The quantitative estimate of drug-likeness (QED) is 0.874. The lowest BCUT2D eigenvalue weighted by atomic mass is 9.88. The topological polar surface area (TPSA) is 41.1 Å². The number of aryl methyl sites for hydroxylation is 2. The molecule has 3 nitrogen and oxygen atoms in total. The number of nitrogens with one attached hydrogen (secondary N) is 2. The van der Waals surface area contributed by atoms with Gasteiger partial charge in [-0.3, -0.25) is 4.79 Å². The van der Waals surface area contributed by atoms with E-state index in [2.05, 4.69) is 42.7 Å². The molecule has 19 heavy (non-hydrogen) atoms. The molecule has 1 saturated heterocycles. The lowest BCUT2D eigenvalue weighted by Crippen LogP contribution is -2.35. The third-order valence-corrected chi connectivity index (χ3v) is 4.15. The first-order valence-electron chi connectivity index (χ1n) is 7.23. The van der Waals surface area contributed by atoms with Crippen molar-refractivity contribution in [2.45, 2.75) is 40.0 Å². The Hall–Kier alpha value is -1.35. The van der Waals surface area contributed by atoms with Crippen molar-refractivity contribution in [2.75, 3.05) is 18.4 Å². The molecule has 3 heteroatoms. The first-order chi connectivity index (χ1) is 9.10. The molecule has 1 heterocycles. The number of carbonyl (C=O) groups excluding carboxylic acids is 1. The minimum Gasteiger partial charge on any atom is -0.325 e. The third-order valence-electron chi connectivity index (χ3n) is 4.15. The molecule has 104 valence electrons. The smallest absolute Gasteiger partial charge is 0.231 e. The van der Waals surface area contributed by atoms with Gasteiger partial charge in [0.15, 0.2) is 0 Å². The maximum absolute atomic E-state index is 12.5. The van der Waals surface area contributed by atoms with E-state index in [1.165, 1.54) is 11.1 Å². The van der Waals surface area contributed by atoms with Crippen molar-refractivity contribution < 1.29 is 4.79 Å². The second-order valence-electron chi connectivity index (χ2n) is 5.60. The molecule has 0 radical (unpaired) electrons. The molecule has 2 rings (SSSR count). The summed E-state index contributed by atoms with van der Waals surface area (Å²) in [5.74, 6) is 0.146. The molecule has 1 fully saturated rings. The minimum absolute atomic E-state index is 0.146. The fraction of sp³-hybridized carbons (Fsp3) is 0.562. The Balaban J connectivity index is 2.25. The predicted octanol–water partition coefficient (Wildman–Crippen LogP) is 2.75. The van der Waals surface area contributed by atoms with Crippen molar-refractivity contribution in [3.63, 3.8) is 0 Å². The molecular weight excluding hydrogens is 236 g/mol. The van der Waals surface area contributed by atoms with E-state index in [9.17, 15) is 4.79 Å². The number of hydrogen-bond donors (Lipinski definition) is 2. The molecule has 1 amide bonds. The second kappa shape index (κ2) is 5.74. The molecule has 1 aromatic rings. The SMILES string of the molecule is CCc1cccc(CC)c1NC(=O)C1(C)CCNC1. The van der Waals surface area contributed by atoms with Crippen LogP contribution in [0.25, 0.3) is 0 Å². The van der Waals surface area contributed by atoms with Gasteiger partial charge < -0.3 is 10.6 Å². The summed E-state index contributed by atoms with van der Waals surface area (Å²) in [6.45, 7) is 8.00. The highest BCUT2D eigenvalue weighted by atomic mass is 16.2. The largest absolute Gasteiger partial charge is 0.325 e. The van der Waals surface area contributed by atoms with Crippen molar-refractivity contribution in [3.05, 3.63) is 29.3 Å². The third kappa shape index (κ3) is 2.81. The Morgan fingerprint density at radius 1 is 1.32 bits per heavy atom. The van der Waals surface area contributed by atoms with Gasteiger partial charge in [-0.2, -0.15) is 0 Å². The number of carbonyl (C=O) groups is 1. The van der Waals surface area contributed by atoms with Gasteiger partial charge in [0, 0.05) is 12.2 Å². The van der Waals surface area contributed by atoms with Crippen LogP contribution in [-0.2, 0) is 17.6 Å². The van der Waals surface area contributed by atoms with E-state index in [0.717, 1.165) is 38.0 Å². The number of hydrogen-bond acceptors (Lipinski definition) is 2. The summed E-state index contributed by atoms with van der Waals surface area (Å²) in [5.41, 5.74) is 3.21. The van der Waals surface area contributed by atoms with Crippen LogP contribution in [0.3, 0.4) is 0 Å². The van der Waals surface area contributed by atoms with Crippen LogP contribution in [0, 0.1) is 5.41 Å². The molecule has 2 N–H and O–H groups in total. The molecule has 1 unspecified atom stereocenters.